The average Bonchev–Trinajstić information content (AvgIpc) is 2.33. The van der Waals surface area contributed by atoms with Gasteiger partial charge in [0.15, 0.2) is 0 Å². The van der Waals surface area contributed by atoms with Crippen molar-refractivity contribution in [3.05, 3.63) is 24.3 Å². The first-order valence-corrected chi connectivity index (χ1v) is 7.04. The molecule has 0 saturated carbocycles. The Hall–Kier alpha value is -1.16. The minimum absolute atomic E-state index is 0.280. The van der Waals surface area contributed by atoms with Crippen molar-refractivity contribution >= 4 is 23.4 Å². The molecule has 1 rings (SSSR count). The number of carboxylic acid groups (broad SMARTS) is 1. The van der Waals surface area contributed by atoms with E-state index in [9.17, 15) is 4.79 Å². The maximum atomic E-state index is 10.3. The molecule has 1 aromatic rings. The third-order valence-electron chi connectivity index (χ3n) is 2.47. The van der Waals surface area contributed by atoms with E-state index in [1.165, 1.54) is 4.90 Å². The summed E-state index contributed by atoms with van der Waals surface area (Å²) in [6.45, 7) is 0.900. The van der Waals surface area contributed by atoms with Crippen LogP contribution in [0.25, 0.3) is 0 Å². The molecule has 0 radical (unpaired) electrons. The smallest absolute Gasteiger partial charge is 0.303 e. The number of nitrogens with one attached hydrogen (secondary N) is 1. The van der Waals surface area contributed by atoms with Crippen LogP contribution in [0.4, 0.5) is 5.69 Å². The van der Waals surface area contributed by atoms with E-state index in [1.807, 2.05) is 6.07 Å². The minimum Gasteiger partial charge on any atom is -0.481 e. The van der Waals surface area contributed by atoms with Crippen LogP contribution in [0.2, 0.25) is 0 Å². The summed E-state index contributed by atoms with van der Waals surface area (Å²) in [6.07, 6.45) is 5.08. The lowest BCUT2D eigenvalue weighted by Gasteiger charge is -2.07. The molecule has 0 heterocycles. The van der Waals surface area contributed by atoms with Gasteiger partial charge in [-0.1, -0.05) is 12.5 Å². The van der Waals surface area contributed by atoms with Gasteiger partial charge in [0.1, 0.15) is 0 Å². The van der Waals surface area contributed by atoms with E-state index in [4.69, 9.17) is 5.11 Å². The Morgan fingerprint density at radius 3 is 2.88 bits per heavy atom. The summed E-state index contributed by atoms with van der Waals surface area (Å²) in [6, 6.07) is 8.31. The first-order valence-electron chi connectivity index (χ1n) is 5.82. The zero-order chi connectivity index (χ0) is 12.5. The number of aliphatic carboxylic acids is 1. The Bertz CT molecular complexity index is 355. The van der Waals surface area contributed by atoms with Crippen molar-refractivity contribution in [2.45, 2.75) is 30.6 Å². The first-order chi connectivity index (χ1) is 8.22. The summed E-state index contributed by atoms with van der Waals surface area (Å²) in [5.74, 6) is -0.703. The van der Waals surface area contributed by atoms with Gasteiger partial charge in [-0.3, -0.25) is 4.79 Å². The minimum atomic E-state index is -0.703. The highest BCUT2D eigenvalue weighted by Crippen LogP contribution is 2.18. The lowest BCUT2D eigenvalue weighted by atomic mass is 10.2. The van der Waals surface area contributed by atoms with Crippen LogP contribution in [0.15, 0.2) is 29.2 Å². The fourth-order valence-corrected chi connectivity index (χ4v) is 2.00. The highest BCUT2D eigenvalue weighted by atomic mass is 32.2. The van der Waals surface area contributed by atoms with E-state index in [1.54, 1.807) is 11.8 Å². The number of rotatable bonds is 8. The Morgan fingerprint density at radius 1 is 1.35 bits per heavy atom. The number of benzene rings is 1. The lowest BCUT2D eigenvalue weighted by molar-refractivity contribution is -0.137. The van der Waals surface area contributed by atoms with Gasteiger partial charge in [-0.2, -0.15) is 0 Å². The highest BCUT2D eigenvalue weighted by Gasteiger charge is 1.97. The molecular formula is C13H19NO2S. The summed E-state index contributed by atoms with van der Waals surface area (Å²) >= 11 is 1.73. The zero-order valence-electron chi connectivity index (χ0n) is 10.1. The molecule has 0 aliphatic carbocycles. The predicted molar refractivity (Wildman–Crippen MR) is 72.8 cm³/mol. The Balaban J connectivity index is 2.15. The standard InChI is InChI=1S/C13H19NO2S/c1-17-12-7-5-6-11(10-12)14-9-4-2-3-8-13(15)16/h5-7,10,14H,2-4,8-9H2,1H3,(H,15,16). The maximum absolute atomic E-state index is 10.3. The third kappa shape index (κ3) is 6.22. The molecule has 2 N–H and O–H groups in total. The summed E-state index contributed by atoms with van der Waals surface area (Å²) < 4.78 is 0. The van der Waals surface area contributed by atoms with Crippen LogP contribution in [0, 0.1) is 0 Å². The van der Waals surface area contributed by atoms with Gasteiger partial charge in [-0.15, -0.1) is 11.8 Å². The Morgan fingerprint density at radius 2 is 2.18 bits per heavy atom. The van der Waals surface area contributed by atoms with Gasteiger partial charge in [-0.25, -0.2) is 0 Å². The fourth-order valence-electron chi connectivity index (χ4n) is 1.54. The predicted octanol–water partition coefficient (Wildman–Crippen LogP) is 3.47. The van der Waals surface area contributed by atoms with Crippen LogP contribution in [0.1, 0.15) is 25.7 Å². The zero-order valence-corrected chi connectivity index (χ0v) is 10.9. The van der Waals surface area contributed by atoms with Crippen molar-refractivity contribution in [1.82, 2.24) is 0 Å². The van der Waals surface area contributed by atoms with Crippen LogP contribution < -0.4 is 5.32 Å². The number of carboxylic acids is 1. The Labute approximate surface area is 107 Å². The van der Waals surface area contributed by atoms with E-state index in [-0.39, 0.29) is 6.42 Å². The lowest BCUT2D eigenvalue weighted by Crippen LogP contribution is -2.02. The molecule has 0 saturated heterocycles. The Kier molecular flexibility index (Phi) is 6.55. The number of hydrogen-bond donors (Lipinski definition) is 2. The van der Waals surface area contributed by atoms with Crippen molar-refractivity contribution in [2.24, 2.45) is 0 Å². The quantitative estimate of drug-likeness (QED) is 0.550. The second-order valence-corrected chi connectivity index (χ2v) is 4.74. The largest absolute Gasteiger partial charge is 0.481 e. The van der Waals surface area contributed by atoms with Crippen molar-refractivity contribution in [2.75, 3.05) is 18.1 Å². The van der Waals surface area contributed by atoms with Crippen LogP contribution >= 0.6 is 11.8 Å². The number of anilines is 1. The number of thioether (sulfide) groups is 1. The summed E-state index contributed by atoms with van der Waals surface area (Å²) in [5.41, 5.74) is 1.13. The molecule has 3 nitrogen and oxygen atoms in total. The monoisotopic (exact) mass is 253 g/mol. The fraction of sp³-hybridized carbons (Fsp3) is 0.462. The first kappa shape index (κ1) is 13.9. The molecule has 0 bridgehead atoms. The number of carbonyl (C=O) groups is 1. The molecule has 17 heavy (non-hydrogen) atoms. The van der Waals surface area contributed by atoms with Gasteiger partial charge >= 0.3 is 5.97 Å². The SMILES string of the molecule is CSc1cccc(NCCCCCC(=O)O)c1. The molecule has 0 aliphatic rings. The molecule has 0 spiro atoms. The molecule has 0 aliphatic heterocycles. The molecular weight excluding hydrogens is 234 g/mol. The van der Waals surface area contributed by atoms with E-state index < -0.39 is 5.97 Å². The topological polar surface area (TPSA) is 49.3 Å². The van der Waals surface area contributed by atoms with Gasteiger partial charge in [0.25, 0.3) is 0 Å². The molecule has 0 amide bonds. The van der Waals surface area contributed by atoms with Crippen LogP contribution in [-0.2, 0) is 4.79 Å². The second-order valence-electron chi connectivity index (χ2n) is 3.86. The average molecular weight is 253 g/mol. The van der Waals surface area contributed by atoms with Crippen molar-refractivity contribution in [3.8, 4) is 0 Å². The summed E-state index contributed by atoms with van der Waals surface area (Å²) in [4.78, 5) is 11.6. The van der Waals surface area contributed by atoms with E-state index in [0.29, 0.717) is 0 Å². The van der Waals surface area contributed by atoms with Gasteiger partial charge in [0.05, 0.1) is 0 Å². The number of hydrogen-bond acceptors (Lipinski definition) is 3. The molecule has 94 valence electrons. The van der Waals surface area contributed by atoms with Crippen LogP contribution in [0.5, 0.6) is 0 Å². The van der Waals surface area contributed by atoms with Crippen molar-refractivity contribution in [3.63, 3.8) is 0 Å². The molecule has 4 heteroatoms. The van der Waals surface area contributed by atoms with E-state index in [0.717, 1.165) is 31.5 Å². The number of unbranched alkanes of at least 4 members (excludes halogenated alkanes) is 2. The summed E-state index contributed by atoms with van der Waals surface area (Å²) in [5, 5.41) is 11.8. The molecule has 0 atom stereocenters. The third-order valence-corrected chi connectivity index (χ3v) is 3.19. The second kappa shape index (κ2) is 8.01. The van der Waals surface area contributed by atoms with Gasteiger partial charge in [0.2, 0.25) is 0 Å². The van der Waals surface area contributed by atoms with Gasteiger partial charge in [0, 0.05) is 23.5 Å². The molecule has 0 unspecified atom stereocenters. The van der Waals surface area contributed by atoms with Crippen LogP contribution in [-0.4, -0.2) is 23.9 Å². The van der Waals surface area contributed by atoms with E-state index in [2.05, 4.69) is 29.8 Å². The highest BCUT2D eigenvalue weighted by molar-refractivity contribution is 7.98. The molecule has 0 fully saturated rings. The van der Waals surface area contributed by atoms with Crippen molar-refractivity contribution < 1.29 is 9.90 Å². The van der Waals surface area contributed by atoms with Gasteiger partial charge < -0.3 is 10.4 Å². The summed E-state index contributed by atoms with van der Waals surface area (Å²) in [7, 11) is 0. The molecule has 1 aromatic carbocycles. The van der Waals surface area contributed by atoms with E-state index >= 15 is 0 Å². The van der Waals surface area contributed by atoms with Gasteiger partial charge in [-0.05, 0) is 37.3 Å². The molecule has 0 aromatic heterocycles. The normalized spacial score (nSPS) is 10.2. The maximum Gasteiger partial charge on any atom is 0.303 e. The van der Waals surface area contributed by atoms with Crippen molar-refractivity contribution in [1.29, 1.82) is 0 Å². The van der Waals surface area contributed by atoms with Crippen LogP contribution in [0.3, 0.4) is 0 Å².